The van der Waals surface area contributed by atoms with Gasteiger partial charge in [0, 0.05) is 48.6 Å². The second-order valence-corrected chi connectivity index (χ2v) is 6.82. The molecule has 5 heteroatoms. The molecule has 0 saturated carbocycles. The third-order valence-electron chi connectivity index (χ3n) is 4.26. The van der Waals surface area contributed by atoms with Crippen LogP contribution in [0.1, 0.15) is 16.5 Å². The predicted molar refractivity (Wildman–Crippen MR) is 92.9 cm³/mol. The van der Waals surface area contributed by atoms with Gasteiger partial charge in [-0.15, -0.1) is 11.8 Å². The van der Waals surface area contributed by atoms with Gasteiger partial charge < -0.3 is 9.47 Å². The summed E-state index contributed by atoms with van der Waals surface area (Å²) in [5, 5.41) is 1.30. The zero-order valence-corrected chi connectivity index (χ0v) is 13.7. The van der Waals surface area contributed by atoms with Crippen LogP contribution in [0.15, 0.2) is 55.0 Å². The van der Waals surface area contributed by atoms with Crippen LogP contribution in [0.5, 0.6) is 0 Å². The monoisotopic (exact) mass is 323 g/mol. The molecule has 23 heavy (non-hydrogen) atoms. The molecule has 0 N–H and O–H groups in total. The van der Waals surface area contributed by atoms with E-state index in [1.54, 1.807) is 24.2 Å². The zero-order chi connectivity index (χ0) is 15.8. The van der Waals surface area contributed by atoms with Crippen LogP contribution in [0.4, 0.5) is 0 Å². The van der Waals surface area contributed by atoms with E-state index in [2.05, 4.69) is 41.0 Å². The second-order valence-electron chi connectivity index (χ2n) is 5.75. The van der Waals surface area contributed by atoms with Gasteiger partial charge >= 0.3 is 0 Å². The van der Waals surface area contributed by atoms with Crippen molar-refractivity contribution in [3.8, 4) is 0 Å². The van der Waals surface area contributed by atoms with Gasteiger partial charge in [0.25, 0.3) is 0 Å². The van der Waals surface area contributed by atoms with E-state index in [0.29, 0.717) is 12.3 Å². The molecular weight excluding hydrogens is 306 g/mol. The molecule has 116 valence electrons. The quantitative estimate of drug-likeness (QED) is 0.742. The Kier molecular flexibility index (Phi) is 3.58. The number of fused-ring (bicyclic) bond motifs is 1. The summed E-state index contributed by atoms with van der Waals surface area (Å²) in [6.45, 7) is 0.627. The number of thioether (sulfide) groups is 1. The fourth-order valence-electron chi connectivity index (χ4n) is 3.14. The molecule has 1 aliphatic heterocycles. The molecule has 1 unspecified atom stereocenters. The van der Waals surface area contributed by atoms with Gasteiger partial charge in [0.15, 0.2) is 0 Å². The number of benzene rings is 1. The lowest BCUT2D eigenvalue weighted by Crippen LogP contribution is -2.27. The molecule has 2 aromatic heterocycles. The summed E-state index contributed by atoms with van der Waals surface area (Å²) in [6.07, 6.45) is 5.70. The van der Waals surface area contributed by atoms with Crippen LogP contribution in [0, 0.1) is 0 Å². The van der Waals surface area contributed by atoms with E-state index >= 15 is 0 Å². The SMILES string of the molecule is Cn1cc(C2SCC(=O)N2Cc2ccncc2)c2ccccc21. The van der Waals surface area contributed by atoms with Crippen LogP contribution < -0.4 is 0 Å². The van der Waals surface area contributed by atoms with Crippen molar-refractivity contribution in [2.75, 3.05) is 5.75 Å². The fraction of sp³-hybridized carbons (Fsp3) is 0.222. The Hall–Kier alpha value is -2.27. The van der Waals surface area contributed by atoms with Gasteiger partial charge in [-0.1, -0.05) is 18.2 Å². The molecule has 1 aliphatic rings. The molecule has 0 aliphatic carbocycles. The third kappa shape index (κ3) is 2.51. The van der Waals surface area contributed by atoms with E-state index < -0.39 is 0 Å². The average molecular weight is 323 g/mol. The lowest BCUT2D eigenvalue weighted by molar-refractivity contribution is -0.128. The highest BCUT2D eigenvalue weighted by atomic mass is 32.2. The van der Waals surface area contributed by atoms with Gasteiger partial charge in [-0.3, -0.25) is 9.78 Å². The van der Waals surface area contributed by atoms with Gasteiger partial charge in [0.1, 0.15) is 5.37 Å². The third-order valence-corrected chi connectivity index (χ3v) is 5.50. The Bertz CT molecular complexity index is 859. The van der Waals surface area contributed by atoms with Crippen LogP contribution in [-0.4, -0.2) is 26.1 Å². The first-order valence-electron chi connectivity index (χ1n) is 7.58. The minimum atomic E-state index is 0.0711. The molecule has 3 aromatic rings. The molecule has 1 aromatic carbocycles. The van der Waals surface area contributed by atoms with Crippen LogP contribution in [0.2, 0.25) is 0 Å². The number of rotatable bonds is 3. The maximum absolute atomic E-state index is 12.4. The van der Waals surface area contributed by atoms with Gasteiger partial charge in [-0.25, -0.2) is 0 Å². The summed E-state index contributed by atoms with van der Waals surface area (Å²) in [5.41, 5.74) is 3.53. The predicted octanol–water partition coefficient (Wildman–Crippen LogP) is 3.35. The molecule has 1 atom stereocenters. The van der Waals surface area contributed by atoms with E-state index in [9.17, 15) is 4.79 Å². The number of carbonyl (C=O) groups excluding carboxylic acids is 1. The number of nitrogens with zero attached hydrogens (tertiary/aromatic N) is 3. The van der Waals surface area contributed by atoms with E-state index in [0.717, 1.165) is 5.56 Å². The first-order valence-corrected chi connectivity index (χ1v) is 8.63. The number of pyridine rings is 1. The van der Waals surface area contributed by atoms with Crippen LogP contribution in [0.25, 0.3) is 10.9 Å². The summed E-state index contributed by atoms with van der Waals surface area (Å²) in [6, 6.07) is 12.3. The molecule has 1 amide bonds. The highest BCUT2D eigenvalue weighted by Gasteiger charge is 2.34. The topological polar surface area (TPSA) is 38.1 Å². The van der Waals surface area contributed by atoms with Gasteiger partial charge in [0.2, 0.25) is 5.91 Å². The molecule has 3 heterocycles. The Morgan fingerprint density at radius 2 is 2.00 bits per heavy atom. The summed E-state index contributed by atoms with van der Waals surface area (Å²) >= 11 is 1.71. The smallest absolute Gasteiger partial charge is 0.234 e. The Balaban J connectivity index is 1.73. The standard InChI is InChI=1S/C18H17N3OS/c1-20-11-15(14-4-2-3-5-16(14)20)18-21(17(22)12-23-18)10-13-6-8-19-9-7-13/h2-9,11,18H,10,12H2,1H3. The first kappa shape index (κ1) is 14.3. The summed E-state index contributed by atoms with van der Waals surface area (Å²) < 4.78 is 2.14. The van der Waals surface area contributed by atoms with Crippen molar-refractivity contribution in [2.45, 2.75) is 11.9 Å². The lowest BCUT2D eigenvalue weighted by Gasteiger charge is -2.23. The summed E-state index contributed by atoms with van der Waals surface area (Å²) in [4.78, 5) is 18.4. The molecule has 0 bridgehead atoms. The zero-order valence-electron chi connectivity index (χ0n) is 12.8. The van der Waals surface area contributed by atoms with Crippen molar-refractivity contribution in [1.82, 2.24) is 14.5 Å². The molecule has 4 rings (SSSR count). The van der Waals surface area contributed by atoms with Crippen molar-refractivity contribution >= 4 is 28.6 Å². The first-order chi connectivity index (χ1) is 11.2. The van der Waals surface area contributed by atoms with E-state index in [1.807, 2.05) is 23.1 Å². The van der Waals surface area contributed by atoms with Crippen LogP contribution in [-0.2, 0) is 18.4 Å². The van der Waals surface area contributed by atoms with Crippen molar-refractivity contribution in [3.05, 3.63) is 66.1 Å². The summed E-state index contributed by atoms with van der Waals surface area (Å²) in [5.74, 6) is 0.739. The van der Waals surface area contributed by atoms with E-state index in [1.165, 1.54) is 16.5 Å². The summed E-state index contributed by atoms with van der Waals surface area (Å²) in [7, 11) is 2.06. The molecule has 1 saturated heterocycles. The van der Waals surface area contributed by atoms with Crippen molar-refractivity contribution in [3.63, 3.8) is 0 Å². The number of aromatic nitrogens is 2. The number of carbonyl (C=O) groups is 1. The van der Waals surface area contributed by atoms with Crippen molar-refractivity contribution < 1.29 is 4.79 Å². The Morgan fingerprint density at radius 1 is 1.22 bits per heavy atom. The molecule has 1 fully saturated rings. The fourth-order valence-corrected chi connectivity index (χ4v) is 4.34. The number of aryl methyl sites for hydroxylation is 1. The average Bonchev–Trinajstić information content (AvgIpc) is 3.10. The van der Waals surface area contributed by atoms with Crippen LogP contribution in [0.3, 0.4) is 0 Å². The minimum absolute atomic E-state index is 0.0711. The highest BCUT2D eigenvalue weighted by Crippen LogP contribution is 2.42. The number of amides is 1. The lowest BCUT2D eigenvalue weighted by atomic mass is 10.1. The van der Waals surface area contributed by atoms with Gasteiger partial charge in [0.05, 0.1) is 5.75 Å². The van der Waals surface area contributed by atoms with Crippen molar-refractivity contribution in [2.24, 2.45) is 7.05 Å². The largest absolute Gasteiger partial charge is 0.350 e. The van der Waals surface area contributed by atoms with Crippen LogP contribution >= 0.6 is 11.8 Å². The van der Waals surface area contributed by atoms with E-state index in [-0.39, 0.29) is 11.3 Å². The van der Waals surface area contributed by atoms with Gasteiger partial charge in [-0.2, -0.15) is 0 Å². The number of para-hydroxylation sites is 1. The molecule has 0 radical (unpaired) electrons. The van der Waals surface area contributed by atoms with Gasteiger partial charge in [-0.05, 0) is 23.8 Å². The minimum Gasteiger partial charge on any atom is -0.350 e. The maximum atomic E-state index is 12.4. The van der Waals surface area contributed by atoms with Crippen molar-refractivity contribution in [1.29, 1.82) is 0 Å². The second kappa shape index (κ2) is 5.74. The Labute approximate surface area is 139 Å². The molecule has 0 spiro atoms. The van der Waals surface area contributed by atoms with E-state index in [4.69, 9.17) is 0 Å². The number of hydrogen-bond acceptors (Lipinski definition) is 3. The molecular formula is C18H17N3OS. The normalized spacial score (nSPS) is 18.0. The molecule has 4 nitrogen and oxygen atoms in total. The highest BCUT2D eigenvalue weighted by molar-refractivity contribution is 8.00. The maximum Gasteiger partial charge on any atom is 0.234 e. The number of hydrogen-bond donors (Lipinski definition) is 0. The Morgan fingerprint density at radius 3 is 2.83 bits per heavy atom.